The van der Waals surface area contributed by atoms with Crippen molar-refractivity contribution < 1.29 is 280 Å². The predicted octanol–water partition coefficient (Wildman–Crippen LogP) is -21.7. The van der Waals surface area contributed by atoms with Gasteiger partial charge in [0.05, 0.1) is 90.4 Å². The van der Waals surface area contributed by atoms with Crippen LogP contribution < -0.4 is 26.6 Å². The third-order valence-electron chi connectivity index (χ3n) is 24.7. The Morgan fingerprint density at radius 3 is 0.957 bits per heavy atom. The SMILES string of the molecule is CC(=O)NC1C(O)OC(CO)C(OC2OC(COC3OC(CO)C(O)C(O)C3OC3OC(CO)C(OC4OC(COC5(C(=O)O)CC(O)C(NC(C)=O)C([C@H](F)C(O)CO)O5)C(O)C(O)C4O)C(O)C3NC(C)=O)C(O)C(OC3OC(CO)C(O)C(O)C3OC3OC(CO)C(OC4OC(COC5(C(=O)O)CC(O)C(NC(C)=O)C([C@H](F)C(O)CO)O5)C(O)C(O)C4O)C(O)C3NC(C)=O)C2O)C1O. The minimum absolute atomic E-state index is 0.847. The van der Waals surface area contributed by atoms with Gasteiger partial charge in [0.25, 0.3) is 11.6 Å². The summed E-state index contributed by atoms with van der Waals surface area (Å²) in [5.74, 6) is -15.4. The number of nitrogens with one attached hydrogen (secondary N) is 5. The number of hydrogen-bond donors (Lipinski definition) is 34. The van der Waals surface area contributed by atoms with Crippen LogP contribution in [0.3, 0.4) is 0 Å². The van der Waals surface area contributed by atoms with Crippen molar-refractivity contribution in [2.24, 2.45) is 0 Å². The second-order valence-corrected chi connectivity index (χ2v) is 34.5. The van der Waals surface area contributed by atoms with Crippen molar-refractivity contribution in [1.29, 1.82) is 0 Å². The molecule has 10 aliphatic heterocycles. The van der Waals surface area contributed by atoms with Crippen molar-refractivity contribution in [3.8, 4) is 0 Å². The Balaban J connectivity index is 0.908. The molecule has 0 radical (unpaired) electrons. The van der Waals surface area contributed by atoms with Gasteiger partial charge in [0.1, 0.15) is 220 Å². The molecule has 0 bridgehead atoms. The summed E-state index contributed by atoms with van der Waals surface area (Å²) in [6, 6.07) is -9.69. The molecule has 10 fully saturated rings. The van der Waals surface area contributed by atoms with Crippen LogP contribution in [0.25, 0.3) is 0 Å². The summed E-state index contributed by atoms with van der Waals surface area (Å²) in [5, 5.41) is 334. The van der Waals surface area contributed by atoms with Gasteiger partial charge in [0, 0.05) is 47.5 Å². The maximum absolute atomic E-state index is 15.8. The Kier molecular flexibility index (Phi) is 40.6. The zero-order chi connectivity index (χ0) is 102. The third-order valence-corrected chi connectivity index (χ3v) is 24.7. The third kappa shape index (κ3) is 25.3. The van der Waals surface area contributed by atoms with Gasteiger partial charge < -0.3 is 265 Å². The fourth-order valence-electron chi connectivity index (χ4n) is 17.5. The number of alkyl halides is 2. The number of rotatable bonds is 39. The summed E-state index contributed by atoms with van der Waals surface area (Å²) in [4.78, 5) is 88.9. The standard InChI is InChI=1S/C76H123F2N5O55/c1-18(91)79-37-23(96)6-75(73(116)117,137-60(37)35(77)25(98)8-84)121-16-33-44(102)50(108)54(112)68(129-33)131-58-30(13-89)126-66(40(48(58)106)82-21(4)94)135-63-52(110)42(100)27(10-86)124-71(63)120-15-32-46(104)62(56(114)70(128-32)133-57-29(12-88)123-65(115)39(47(57)105)81-20(3)93)134-72-64(53(111)43(101)28(11-87)125-72)136-67-41(83-22(5)95)49(107)59(31(14-90)127-67)132-69-55(113)51(109)45(103)34(130-69)17-122-76(74(118)119)7-24(97)38(80-19(2)92)61(138-76)36(78)26(99)9-85/h23-72,84-90,96-115H,6-17H2,1-5H3,(H,79,91)(H,80,92)(H,81,93)(H,82,94)(H,83,95)(H,116,117)(H,118,119)/t23?,24?,25?,26?,27?,28?,29?,30?,31?,32?,33?,34?,35-,36-,37?,38?,39?,40?,41?,42?,43?,44?,45?,46?,47?,48?,49?,50?,51?,52?,53?,54?,55?,56?,57?,58?,59?,60?,61?,62?,63?,64?,65?,66?,67?,68?,69?,70?,71?,72?,75?,76?/m1/s1. The second kappa shape index (κ2) is 49.0. The minimum atomic E-state index is -3.19. The van der Waals surface area contributed by atoms with Gasteiger partial charge >= 0.3 is 11.9 Å². The Labute approximate surface area is 777 Å². The number of carbonyl (C=O) groups excluding carboxylic acids is 5. The number of aliphatic hydroxyl groups is 27. The van der Waals surface area contributed by atoms with Crippen molar-refractivity contribution in [3.63, 3.8) is 0 Å². The van der Waals surface area contributed by atoms with Gasteiger partial charge in [-0.1, -0.05) is 0 Å². The van der Waals surface area contributed by atoms with Crippen LogP contribution in [-0.2, 0) is 124 Å². The Morgan fingerprint density at radius 1 is 0.312 bits per heavy atom. The Bertz CT molecular complexity index is 3940. The smallest absolute Gasteiger partial charge is 0.364 e. The number of carbonyl (C=O) groups is 7. The molecule has 0 spiro atoms. The van der Waals surface area contributed by atoms with Gasteiger partial charge in [0.15, 0.2) is 62.7 Å². The molecule has 52 atom stereocenters. The molecule has 10 rings (SSSR count). The average molecular weight is 2020 g/mol. The molecule has 0 aromatic heterocycles. The topological polar surface area (TPSA) is 942 Å². The zero-order valence-corrected chi connectivity index (χ0v) is 73.7. The lowest BCUT2D eigenvalue weighted by molar-refractivity contribution is -0.398. The van der Waals surface area contributed by atoms with Crippen LogP contribution in [-0.4, -0.2) is 574 Å². The first kappa shape index (κ1) is 114. The van der Waals surface area contributed by atoms with Crippen LogP contribution in [0.4, 0.5) is 8.78 Å². The van der Waals surface area contributed by atoms with Crippen molar-refractivity contribution in [2.75, 3.05) is 66.1 Å². The highest BCUT2D eigenvalue weighted by molar-refractivity contribution is 5.78. The zero-order valence-electron chi connectivity index (χ0n) is 73.7. The summed E-state index contributed by atoms with van der Waals surface area (Å²) >= 11 is 0. The maximum Gasteiger partial charge on any atom is 0.364 e. The quantitative estimate of drug-likeness (QED) is 0.0272. The second-order valence-electron chi connectivity index (χ2n) is 34.5. The van der Waals surface area contributed by atoms with Gasteiger partial charge in [-0.3, -0.25) is 24.0 Å². The summed E-state index contributed by atoms with van der Waals surface area (Å²) < 4.78 is 143. The summed E-state index contributed by atoms with van der Waals surface area (Å²) in [5.41, 5.74) is 0. The molecule has 0 aliphatic carbocycles. The number of hydrogen-bond acceptors (Lipinski definition) is 53. The molecule has 60 nitrogen and oxygen atoms in total. The van der Waals surface area contributed by atoms with Crippen molar-refractivity contribution >= 4 is 41.5 Å². The first-order valence-electron chi connectivity index (χ1n) is 43.3. The molecule has 5 amide bonds. The number of carboxylic acids is 2. The van der Waals surface area contributed by atoms with Crippen LogP contribution in [0.5, 0.6) is 0 Å². The van der Waals surface area contributed by atoms with E-state index in [1.807, 2.05) is 0 Å². The molecule has 0 aromatic carbocycles. The van der Waals surface area contributed by atoms with Gasteiger partial charge in [-0.25, -0.2) is 18.4 Å². The van der Waals surface area contributed by atoms with E-state index < -0.39 is 438 Å². The van der Waals surface area contributed by atoms with Crippen LogP contribution >= 0.6 is 0 Å². The molecule has 10 saturated heterocycles. The van der Waals surface area contributed by atoms with Crippen LogP contribution in [0.1, 0.15) is 47.5 Å². The lowest BCUT2D eigenvalue weighted by atomic mass is 9.89. The van der Waals surface area contributed by atoms with Gasteiger partial charge in [-0.05, 0) is 0 Å². The highest BCUT2D eigenvalue weighted by Crippen LogP contribution is 2.43. The van der Waals surface area contributed by atoms with E-state index >= 15 is 8.78 Å². The van der Waals surface area contributed by atoms with E-state index in [-0.39, 0.29) is 0 Å². The highest BCUT2D eigenvalue weighted by atomic mass is 19.1. The summed E-state index contributed by atoms with van der Waals surface area (Å²) in [6.07, 6.45) is -106. The van der Waals surface area contributed by atoms with Gasteiger partial charge in [-0.2, -0.15) is 0 Å². The van der Waals surface area contributed by atoms with E-state index in [1.54, 1.807) is 0 Å². The Morgan fingerprint density at radius 2 is 0.601 bits per heavy atom. The summed E-state index contributed by atoms with van der Waals surface area (Å²) in [7, 11) is 0. The van der Waals surface area contributed by atoms with Crippen LogP contribution in [0.15, 0.2) is 0 Å². The molecule has 34 N–H and O–H groups in total. The normalized spacial score (nSPS) is 46.2. The number of halogens is 2. The minimum Gasteiger partial charge on any atom is -0.477 e. The fraction of sp³-hybridized carbons (Fsp3) is 0.908. The number of aliphatic carboxylic acids is 2. The molecule has 138 heavy (non-hydrogen) atoms. The molecule has 796 valence electrons. The van der Waals surface area contributed by atoms with E-state index in [0.717, 1.165) is 34.6 Å². The molecular weight excluding hydrogens is 1900 g/mol. The van der Waals surface area contributed by atoms with Gasteiger partial charge in [0.2, 0.25) is 29.5 Å². The van der Waals surface area contributed by atoms with Crippen molar-refractivity contribution in [2.45, 2.75) is 366 Å². The molecule has 50 unspecified atom stereocenters. The molecule has 62 heteroatoms. The molecule has 10 aliphatic rings. The number of amides is 5. The van der Waals surface area contributed by atoms with Gasteiger partial charge in [-0.15, -0.1) is 0 Å². The number of carboxylic acid groups (broad SMARTS) is 2. The van der Waals surface area contributed by atoms with Crippen LogP contribution in [0, 0.1) is 0 Å². The lowest BCUT2D eigenvalue weighted by Crippen LogP contribution is -2.70. The van der Waals surface area contributed by atoms with E-state index in [2.05, 4.69) is 26.6 Å². The van der Waals surface area contributed by atoms with E-state index in [1.165, 1.54) is 0 Å². The fourth-order valence-corrected chi connectivity index (χ4v) is 17.5. The first-order valence-corrected chi connectivity index (χ1v) is 43.3. The monoisotopic (exact) mass is 2020 g/mol. The van der Waals surface area contributed by atoms with Crippen molar-refractivity contribution in [3.05, 3.63) is 0 Å². The van der Waals surface area contributed by atoms with E-state index in [4.69, 9.17) is 90.0 Å². The van der Waals surface area contributed by atoms with Crippen molar-refractivity contribution in [1.82, 2.24) is 26.6 Å². The Hall–Kier alpha value is -5.69. The maximum atomic E-state index is 15.8. The average Bonchev–Trinajstić information content (AvgIpc) is 0.766. The number of ether oxygens (including phenoxy) is 19. The van der Waals surface area contributed by atoms with E-state index in [9.17, 15) is 182 Å². The highest BCUT2D eigenvalue weighted by Gasteiger charge is 2.64. The molecule has 10 heterocycles. The molecule has 0 saturated carbocycles. The molecule has 0 aromatic rings. The largest absolute Gasteiger partial charge is 0.477 e. The lowest BCUT2D eigenvalue weighted by Gasteiger charge is -2.51. The molecular formula is C76H123F2N5O55. The van der Waals surface area contributed by atoms with Crippen LogP contribution in [0.2, 0.25) is 0 Å². The summed E-state index contributed by atoms with van der Waals surface area (Å²) in [6.45, 7) is -8.15. The number of aliphatic hydroxyl groups excluding tert-OH is 27. The van der Waals surface area contributed by atoms with E-state index in [0.29, 0.717) is 0 Å². The predicted molar refractivity (Wildman–Crippen MR) is 420 cm³/mol. The first-order chi connectivity index (χ1) is 64.9.